The molecule has 0 saturated heterocycles. The number of allylic oxidation sites excluding steroid dienone is 4. The lowest BCUT2D eigenvalue weighted by molar-refractivity contribution is 0.414. The van der Waals surface area contributed by atoms with Gasteiger partial charge in [-0.3, -0.25) is 0 Å². The molecule has 0 spiro atoms. The smallest absolute Gasteiger partial charge is 0.118 e. The maximum atomic E-state index is 9.44. The molecule has 0 aromatic heterocycles. The Bertz CT molecular complexity index is 658. The molecule has 126 valence electrons. The van der Waals surface area contributed by atoms with E-state index in [2.05, 4.69) is 31.2 Å². The van der Waals surface area contributed by atoms with Gasteiger partial charge in [0.15, 0.2) is 0 Å². The molecule has 2 aromatic carbocycles. The summed E-state index contributed by atoms with van der Waals surface area (Å²) >= 11 is 0. The molecule has 0 aliphatic rings. The Hall–Kier alpha value is -2.68. The average Bonchev–Trinajstić information content (AvgIpc) is 2.61. The van der Waals surface area contributed by atoms with Gasteiger partial charge in [-0.2, -0.15) is 0 Å². The van der Waals surface area contributed by atoms with Crippen molar-refractivity contribution in [3.8, 4) is 11.5 Å². The summed E-state index contributed by atoms with van der Waals surface area (Å²) in [5.41, 5.74) is 3.47. The van der Waals surface area contributed by atoms with Crippen molar-refractivity contribution < 1.29 is 14.6 Å². The predicted octanol–water partition coefficient (Wildman–Crippen LogP) is 5.24. The topological polar surface area (TPSA) is 38.7 Å². The molecule has 1 N–H and O–H groups in total. The van der Waals surface area contributed by atoms with Crippen molar-refractivity contribution in [2.24, 2.45) is 0 Å². The molecule has 0 saturated carbocycles. The first-order chi connectivity index (χ1) is 11.5. The van der Waals surface area contributed by atoms with E-state index >= 15 is 0 Å². The zero-order valence-electron chi connectivity index (χ0n) is 14.6. The number of methoxy groups -OCH3 is 2. The van der Waals surface area contributed by atoms with E-state index in [0.717, 1.165) is 17.1 Å². The fraction of sp³-hybridized carbons (Fsp3) is 0.238. The SMILES string of the molecule is COc1ccc(C(/C(C)=C/C=C(\C)O)c2ccc(OC)cc2)cc1. The number of hydrogen-bond donors (Lipinski definition) is 1. The molecule has 24 heavy (non-hydrogen) atoms. The normalized spacial score (nSPS) is 12.4. The fourth-order valence-corrected chi connectivity index (χ4v) is 2.66. The highest BCUT2D eigenvalue weighted by molar-refractivity contribution is 5.44. The van der Waals surface area contributed by atoms with Crippen molar-refractivity contribution in [1.82, 2.24) is 0 Å². The molecule has 2 aromatic rings. The van der Waals surface area contributed by atoms with Crippen LogP contribution >= 0.6 is 0 Å². The largest absolute Gasteiger partial charge is 0.513 e. The van der Waals surface area contributed by atoms with Crippen molar-refractivity contribution >= 4 is 0 Å². The van der Waals surface area contributed by atoms with Gasteiger partial charge < -0.3 is 14.6 Å². The summed E-state index contributed by atoms with van der Waals surface area (Å²) in [7, 11) is 3.33. The van der Waals surface area contributed by atoms with Crippen LogP contribution in [-0.2, 0) is 0 Å². The highest BCUT2D eigenvalue weighted by atomic mass is 16.5. The molecule has 0 bridgehead atoms. The lowest BCUT2D eigenvalue weighted by Crippen LogP contribution is -2.03. The van der Waals surface area contributed by atoms with Crippen LogP contribution in [0.3, 0.4) is 0 Å². The highest BCUT2D eigenvalue weighted by Gasteiger charge is 2.16. The molecular formula is C21H24O3. The number of hydrogen-bond acceptors (Lipinski definition) is 3. The van der Waals surface area contributed by atoms with Crippen molar-refractivity contribution in [2.75, 3.05) is 14.2 Å². The van der Waals surface area contributed by atoms with E-state index in [9.17, 15) is 5.11 Å². The molecule has 0 atom stereocenters. The minimum Gasteiger partial charge on any atom is -0.513 e. The van der Waals surface area contributed by atoms with Gasteiger partial charge in [0.1, 0.15) is 11.5 Å². The van der Waals surface area contributed by atoms with Crippen LogP contribution in [0.5, 0.6) is 11.5 Å². The molecule has 0 heterocycles. The van der Waals surface area contributed by atoms with Gasteiger partial charge in [0.05, 0.1) is 20.0 Å². The van der Waals surface area contributed by atoms with Gasteiger partial charge >= 0.3 is 0 Å². The molecule has 3 heteroatoms. The van der Waals surface area contributed by atoms with Crippen molar-refractivity contribution in [3.05, 3.63) is 83.1 Å². The number of benzene rings is 2. The van der Waals surface area contributed by atoms with Crippen LogP contribution in [0.4, 0.5) is 0 Å². The standard InChI is InChI=1S/C21H24O3/c1-15(5-6-16(2)22)21(17-7-11-19(23-3)12-8-17)18-9-13-20(24-4)14-10-18/h5-14,21-22H,1-4H3/b15-5+,16-6+. The molecule has 0 aliphatic heterocycles. The van der Waals surface area contributed by atoms with E-state index in [1.165, 1.54) is 11.1 Å². The van der Waals surface area contributed by atoms with Crippen LogP contribution in [0.1, 0.15) is 30.9 Å². The van der Waals surface area contributed by atoms with Crippen LogP contribution < -0.4 is 9.47 Å². The third-order valence-electron chi connectivity index (χ3n) is 3.94. The first-order valence-electron chi connectivity index (χ1n) is 7.87. The fourth-order valence-electron chi connectivity index (χ4n) is 2.66. The molecular weight excluding hydrogens is 300 g/mol. The van der Waals surface area contributed by atoms with Gasteiger partial charge in [0.2, 0.25) is 0 Å². The van der Waals surface area contributed by atoms with Gasteiger partial charge in [-0.15, -0.1) is 0 Å². The number of ether oxygens (including phenoxy) is 2. The Morgan fingerprint density at radius 1 is 0.792 bits per heavy atom. The van der Waals surface area contributed by atoms with E-state index in [1.54, 1.807) is 27.2 Å². The zero-order chi connectivity index (χ0) is 17.5. The molecule has 0 radical (unpaired) electrons. The summed E-state index contributed by atoms with van der Waals surface area (Å²) < 4.78 is 10.5. The molecule has 0 unspecified atom stereocenters. The average molecular weight is 324 g/mol. The second-order valence-corrected chi connectivity index (χ2v) is 5.70. The third-order valence-corrected chi connectivity index (χ3v) is 3.94. The first-order valence-corrected chi connectivity index (χ1v) is 7.87. The van der Waals surface area contributed by atoms with Crippen LogP contribution in [0, 0.1) is 0 Å². The minimum atomic E-state index is 0.0948. The van der Waals surface area contributed by atoms with Crippen molar-refractivity contribution in [1.29, 1.82) is 0 Å². The van der Waals surface area contributed by atoms with Gasteiger partial charge in [-0.1, -0.05) is 35.9 Å². The lowest BCUT2D eigenvalue weighted by atomic mass is 9.85. The van der Waals surface area contributed by atoms with Gasteiger partial charge in [0.25, 0.3) is 0 Å². The Balaban J connectivity index is 2.46. The predicted molar refractivity (Wildman–Crippen MR) is 98.0 cm³/mol. The van der Waals surface area contributed by atoms with Crippen LogP contribution in [-0.4, -0.2) is 19.3 Å². The Kier molecular flexibility index (Phi) is 6.07. The molecule has 0 amide bonds. The second kappa shape index (κ2) is 8.25. The van der Waals surface area contributed by atoms with E-state index < -0.39 is 0 Å². The molecule has 3 nitrogen and oxygen atoms in total. The van der Waals surface area contributed by atoms with Crippen LogP contribution in [0.2, 0.25) is 0 Å². The van der Waals surface area contributed by atoms with Crippen LogP contribution in [0.25, 0.3) is 0 Å². The summed E-state index contributed by atoms with van der Waals surface area (Å²) in [4.78, 5) is 0. The summed E-state index contributed by atoms with van der Waals surface area (Å²) in [6, 6.07) is 16.1. The Labute approximate surface area is 143 Å². The quantitative estimate of drug-likeness (QED) is 0.583. The third kappa shape index (κ3) is 4.42. The maximum Gasteiger partial charge on any atom is 0.118 e. The molecule has 2 rings (SSSR count). The Morgan fingerprint density at radius 3 is 1.54 bits per heavy atom. The summed E-state index contributed by atoms with van der Waals surface area (Å²) in [5, 5.41) is 9.44. The number of rotatable bonds is 6. The van der Waals surface area contributed by atoms with Crippen molar-refractivity contribution in [2.45, 2.75) is 19.8 Å². The maximum absolute atomic E-state index is 9.44. The van der Waals surface area contributed by atoms with E-state index in [1.807, 2.05) is 30.3 Å². The van der Waals surface area contributed by atoms with E-state index in [-0.39, 0.29) is 11.7 Å². The second-order valence-electron chi connectivity index (χ2n) is 5.70. The van der Waals surface area contributed by atoms with E-state index in [0.29, 0.717) is 0 Å². The first kappa shape index (κ1) is 17.7. The minimum absolute atomic E-state index is 0.0948. The van der Waals surface area contributed by atoms with E-state index in [4.69, 9.17) is 9.47 Å². The van der Waals surface area contributed by atoms with Crippen molar-refractivity contribution in [3.63, 3.8) is 0 Å². The zero-order valence-corrected chi connectivity index (χ0v) is 14.6. The number of aliphatic hydroxyl groups excluding tert-OH is 1. The molecule has 0 aliphatic carbocycles. The van der Waals surface area contributed by atoms with Gasteiger partial charge in [-0.05, 0) is 55.3 Å². The summed E-state index contributed by atoms with van der Waals surface area (Å²) in [6.45, 7) is 3.73. The highest BCUT2D eigenvalue weighted by Crippen LogP contribution is 2.33. The Morgan fingerprint density at radius 2 is 1.21 bits per heavy atom. The lowest BCUT2D eigenvalue weighted by Gasteiger charge is -2.20. The summed E-state index contributed by atoms with van der Waals surface area (Å²) in [5.74, 6) is 2.05. The van der Waals surface area contributed by atoms with Gasteiger partial charge in [-0.25, -0.2) is 0 Å². The van der Waals surface area contributed by atoms with Crippen LogP contribution in [0.15, 0.2) is 72.0 Å². The number of aliphatic hydroxyl groups is 1. The monoisotopic (exact) mass is 324 g/mol. The van der Waals surface area contributed by atoms with Gasteiger partial charge in [0, 0.05) is 5.92 Å². The summed E-state index contributed by atoms with van der Waals surface area (Å²) in [6.07, 6.45) is 3.67. The molecule has 0 fully saturated rings.